The van der Waals surface area contributed by atoms with E-state index in [4.69, 9.17) is 0 Å². The molecule has 0 heterocycles. The highest BCUT2D eigenvalue weighted by Gasteiger charge is 2.24. The fourth-order valence-corrected chi connectivity index (χ4v) is 1.79. The second kappa shape index (κ2) is 5.03. The smallest absolute Gasteiger partial charge is 0.315 e. The van der Waals surface area contributed by atoms with Crippen molar-refractivity contribution in [2.45, 2.75) is 19.8 Å². The molecule has 0 bridgehead atoms. The van der Waals surface area contributed by atoms with E-state index in [9.17, 15) is 10.1 Å². The van der Waals surface area contributed by atoms with Crippen molar-refractivity contribution in [3.63, 3.8) is 0 Å². The van der Waals surface area contributed by atoms with Gasteiger partial charge in [-0.25, -0.2) is 0 Å². The predicted octanol–water partition coefficient (Wildman–Crippen LogP) is 2.85. The first-order chi connectivity index (χ1) is 8.22. The van der Waals surface area contributed by atoms with Crippen molar-refractivity contribution in [1.29, 1.82) is 0 Å². The van der Waals surface area contributed by atoms with Crippen LogP contribution in [0.3, 0.4) is 0 Å². The maximum absolute atomic E-state index is 11.1. The molecule has 0 radical (unpaired) electrons. The van der Waals surface area contributed by atoms with Gasteiger partial charge in [-0.1, -0.05) is 6.07 Å². The molecule has 0 aliphatic heterocycles. The highest BCUT2D eigenvalue weighted by molar-refractivity contribution is 5.76. The molecule has 1 aliphatic rings. The van der Waals surface area contributed by atoms with Gasteiger partial charge in [0, 0.05) is 13.1 Å². The van der Waals surface area contributed by atoms with E-state index >= 15 is 0 Å². The van der Waals surface area contributed by atoms with Crippen molar-refractivity contribution in [1.82, 2.24) is 0 Å². The Kier molecular flexibility index (Phi) is 3.46. The number of nitro benzene ring substituents is 1. The van der Waals surface area contributed by atoms with E-state index < -0.39 is 0 Å². The standard InChI is InChI=1S/C12H17N3O2/c1-2-13-10-4-3-5-11(12(10)15(16)17)14-8-9-6-7-9/h3-5,9,13-14H,2,6-8H2,1H3. The second-order valence-electron chi connectivity index (χ2n) is 4.31. The lowest BCUT2D eigenvalue weighted by molar-refractivity contribution is -0.383. The molecule has 92 valence electrons. The lowest BCUT2D eigenvalue weighted by Crippen LogP contribution is -2.08. The van der Waals surface area contributed by atoms with E-state index in [1.807, 2.05) is 13.0 Å². The molecular formula is C12H17N3O2. The van der Waals surface area contributed by atoms with Crippen LogP contribution in [0.4, 0.5) is 17.1 Å². The summed E-state index contributed by atoms with van der Waals surface area (Å²) in [5.41, 5.74) is 1.34. The zero-order valence-electron chi connectivity index (χ0n) is 9.90. The van der Waals surface area contributed by atoms with Crippen LogP contribution in [-0.4, -0.2) is 18.0 Å². The number of rotatable bonds is 6. The minimum atomic E-state index is -0.326. The minimum Gasteiger partial charge on any atom is -0.380 e. The molecule has 17 heavy (non-hydrogen) atoms. The molecule has 1 fully saturated rings. The van der Waals surface area contributed by atoms with Crippen LogP contribution in [0.15, 0.2) is 18.2 Å². The van der Waals surface area contributed by atoms with Gasteiger partial charge >= 0.3 is 5.69 Å². The maximum atomic E-state index is 11.1. The Labute approximate surface area is 100 Å². The Morgan fingerprint density at radius 1 is 1.35 bits per heavy atom. The molecule has 0 spiro atoms. The molecule has 0 atom stereocenters. The zero-order chi connectivity index (χ0) is 12.3. The summed E-state index contributed by atoms with van der Waals surface area (Å²) in [6.45, 7) is 3.43. The van der Waals surface area contributed by atoms with Gasteiger partial charge in [0.15, 0.2) is 0 Å². The number of anilines is 2. The van der Waals surface area contributed by atoms with Gasteiger partial charge in [-0.15, -0.1) is 0 Å². The topological polar surface area (TPSA) is 67.2 Å². The number of nitrogens with zero attached hydrogens (tertiary/aromatic N) is 1. The van der Waals surface area contributed by atoms with E-state index in [1.165, 1.54) is 12.8 Å². The van der Waals surface area contributed by atoms with Crippen LogP contribution in [-0.2, 0) is 0 Å². The van der Waals surface area contributed by atoms with Gasteiger partial charge in [-0.2, -0.15) is 0 Å². The lowest BCUT2D eigenvalue weighted by atomic mass is 10.2. The molecule has 1 aromatic carbocycles. The third kappa shape index (κ3) is 2.87. The average molecular weight is 235 g/mol. The first-order valence-corrected chi connectivity index (χ1v) is 5.97. The van der Waals surface area contributed by atoms with Gasteiger partial charge in [0.1, 0.15) is 11.4 Å². The van der Waals surface area contributed by atoms with Crippen molar-refractivity contribution >= 4 is 17.1 Å². The maximum Gasteiger partial charge on any atom is 0.315 e. The first-order valence-electron chi connectivity index (χ1n) is 5.97. The summed E-state index contributed by atoms with van der Waals surface area (Å²) >= 11 is 0. The molecular weight excluding hydrogens is 218 g/mol. The van der Waals surface area contributed by atoms with E-state index in [2.05, 4.69) is 10.6 Å². The summed E-state index contributed by atoms with van der Waals surface area (Å²) in [6.07, 6.45) is 2.46. The third-order valence-corrected chi connectivity index (χ3v) is 2.86. The largest absolute Gasteiger partial charge is 0.380 e. The highest BCUT2D eigenvalue weighted by Crippen LogP contribution is 2.35. The summed E-state index contributed by atoms with van der Waals surface area (Å²) in [6, 6.07) is 5.34. The molecule has 5 heteroatoms. The van der Waals surface area contributed by atoms with Crippen molar-refractivity contribution < 1.29 is 4.92 Å². The summed E-state index contributed by atoms with van der Waals surface area (Å²) in [5, 5.41) is 17.3. The van der Waals surface area contributed by atoms with Crippen LogP contribution in [0.25, 0.3) is 0 Å². The normalized spacial score (nSPS) is 14.4. The van der Waals surface area contributed by atoms with Gasteiger partial charge in [-0.3, -0.25) is 10.1 Å². The fraction of sp³-hybridized carbons (Fsp3) is 0.500. The number of hydrogen-bond acceptors (Lipinski definition) is 4. The number of benzene rings is 1. The monoisotopic (exact) mass is 235 g/mol. The van der Waals surface area contributed by atoms with Crippen LogP contribution in [0.1, 0.15) is 19.8 Å². The summed E-state index contributed by atoms with van der Waals surface area (Å²) in [7, 11) is 0. The quantitative estimate of drug-likeness (QED) is 0.587. The Balaban J connectivity index is 2.21. The summed E-state index contributed by atoms with van der Waals surface area (Å²) in [4.78, 5) is 10.8. The summed E-state index contributed by atoms with van der Waals surface area (Å²) < 4.78 is 0. The van der Waals surface area contributed by atoms with Crippen LogP contribution in [0.5, 0.6) is 0 Å². The zero-order valence-corrected chi connectivity index (χ0v) is 9.90. The minimum absolute atomic E-state index is 0.148. The molecule has 1 saturated carbocycles. The van der Waals surface area contributed by atoms with Crippen LogP contribution < -0.4 is 10.6 Å². The van der Waals surface area contributed by atoms with Crippen molar-refractivity contribution in [3.05, 3.63) is 28.3 Å². The highest BCUT2D eigenvalue weighted by atomic mass is 16.6. The molecule has 0 saturated heterocycles. The van der Waals surface area contributed by atoms with E-state index in [0.717, 1.165) is 6.54 Å². The Bertz CT molecular complexity index is 416. The van der Waals surface area contributed by atoms with E-state index in [1.54, 1.807) is 12.1 Å². The van der Waals surface area contributed by atoms with Crippen molar-refractivity contribution in [2.75, 3.05) is 23.7 Å². The molecule has 1 aromatic rings. The van der Waals surface area contributed by atoms with E-state index in [0.29, 0.717) is 23.8 Å². The van der Waals surface area contributed by atoms with Crippen LogP contribution in [0.2, 0.25) is 0 Å². The van der Waals surface area contributed by atoms with Crippen LogP contribution in [0, 0.1) is 16.0 Å². The van der Waals surface area contributed by atoms with Gasteiger partial charge in [-0.05, 0) is 37.8 Å². The molecule has 5 nitrogen and oxygen atoms in total. The number of hydrogen-bond donors (Lipinski definition) is 2. The van der Waals surface area contributed by atoms with Crippen molar-refractivity contribution in [3.8, 4) is 0 Å². The Morgan fingerprint density at radius 2 is 2.00 bits per heavy atom. The number of nitro groups is 1. The second-order valence-corrected chi connectivity index (χ2v) is 4.31. The van der Waals surface area contributed by atoms with Crippen molar-refractivity contribution in [2.24, 2.45) is 5.92 Å². The Hall–Kier alpha value is -1.78. The van der Waals surface area contributed by atoms with E-state index in [-0.39, 0.29) is 10.6 Å². The predicted molar refractivity (Wildman–Crippen MR) is 68.5 cm³/mol. The van der Waals surface area contributed by atoms with Gasteiger partial charge in [0.25, 0.3) is 0 Å². The molecule has 0 unspecified atom stereocenters. The number of para-hydroxylation sites is 1. The molecule has 1 aliphatic carbocycles. The molecule has 0 aromatic heterocycles. The SMILES string of the molecule is CCNc1cccc(NCC2CC2)c1[N+](=O)[O-]. The van der Waals surface area contributed by atoms with Crippen LogP contribution >= 0.6 is 0 Å². The van der Waals surface area contributed by atoms with Gasteiger partial charge in [0.05, 0.1) is 4.92 Å². The Morgan fingerprint density at radius 3 is 2.53 bits per heavy atom. The summed E-state index contributed by atoms with van der Waals surface area (Å²) in [5.74, 6) is 0.692. The molecule has 2 rings (SSSR count). The first kappa shape index (κ1) is 11.7. The van der Waals surface area contributed by atoms with Gasteiger partial charge in [0.2, 0.25) is 0 Å². The third-order valence-electron chi connectivity index (χ3n) is 2.86. The molecule has 0 amide bonds. The lowest BCUT2D eigenvalue weighted by Gasteiger charge is -2.10. The molecule has 2 N–H and O–H groups in total. The average Bonchev–Trinajstić information content (AvgIpc) is 3.10. The van der Waals surface area contributed by atoms with Gasteiger partial charge < -0.3 is 10.6 Å². The fourth-order valence-electron chi connectivity index (χ4n) is 1.79. The number of nitrogens with one attached hydrogen (secondary N) is 2.